The fraction of sp³-hybridized carbons (Fsp3) is 0.368. The number of hydrogen-bond donors (Lipinski definition) is 1. The molecule has 0 bridgehead atoms. The summed E-state index contributed by atoms with van der Waals surface area (Å²) in [6.07, 6.45) is 1.88. The number of hydrogen-bond acceptors (Lipinski definition) is 7. The van der Waals surface area contributed by atoms with Gasteiger partial charge in [-0.25, -0.2) is 4.79 Å². The number of benzene rings is 1. The van der Waals surface area contributed by atoms with Crippen LogP contribution in [0.1, 0.15) is 43.1 Å². The second-order valence-corrected chi connectivity index (χ2v) is 5.56. The van der Waals surface area contributed by atoms with Gasteiger partial charge in [0.05, 0.1) is 7.11 Å². The van der Waals surface area contributed by atoms with Gasteiger partial charge in [0.15, 0.2) is 23.9 Å². The van der Waals surface area contributed by atoms with Crippen molar-refractivity contribution < 1.29 is 38.5 Å². The van der Waals surface area contributed by atoms with Crippen LogP contribution in [0.25, 0.3) is 0 Å². The molecule has 0 heterocycles. The molecule has 1 aromatic rings. The third-order valence-corrected chi connectivity index (χ3v) is 3.55. The number of allylic oxidation sites excluding steroid dienone is 1. The summed E-state index contributed by atoms with van der Waals surface area (Å²) in [6.45, 7) is 3.65. The van der Waals surface area contributed by atoms with Gasteiger partial charge in [-0.15, -0.1) is 0 Å². The number of aliphatic carboxylic acids is 1. The first-order valence-corrected chi connectivity index (χ1v) is 8.17. The van der Waals surface area contributed by atoms with Gasteiger partial charge in [-0.3, -0.25) is 14.4 Å². The molecular formula is C19H22O8. The van der Waals surface area contributed by atoms with Gasteiger partial charge in [0.25, 0.3) is 0 Å². The van der Waals surface area contributed by atoms with E-state index in [4.69, 9.17) is 19.3 Å². The van der Waals surface area contributed by atoms with Crippen molar-refractivity contribution in [3.8, 4) is 11.5 Å². The lowest BCUT2D eigenvalue weighted by atomic mass is 10.0. The van der Waals surface area contributed by atoms with Crippen molar-refractivity contribution in [1.82, 2.24) is 0 Å². The molecule has 0 fully saturated rings. The molecule has 0 saturated heterocycles. The minimum absolute atomic E-state index is 0.100. The highest BCUT2D eigenvalue weighted by Gasteiger charge is 2.19. The summed E-state index contributed by atoms with van der Waals surface area (Å²) >= 11 is 0. The molecular weight excluding hydrogens is 356 g/mol. The van der Waals surface area contributed by atoms with Crippen molar-refractivity contribution in [1.29, 1.82) is 0 Å². The average Bonchev–Trinajstić information content (AvgIpc) is 2.60. The molecule has 1 aromatic carbocycles. The molecule has 27 heavy (non-hydrogen) atoms. The summed E-state index contributed by atoms with van der Waals surface area (Å²) in [5.41, 5.74) is 0.753. The third kappa shape index (κ3) is 6.58. The van der Waals surface area contributed by atoms with Gasteiger partial charge < -0.3 is 19.3 Å². The van der Waals surface area contributed by atoms with Gasteiger partial charge in [0, 0.05) is 30.5 Å². The highest BCUT2D eigenvalue weighted by atomic mass is 16.6. The minimum Gasteiger partial charge on any atom is -0.493 e. The van der Waals surface area contributed by atoms with Crippen LogP contribution >= 0.6 is 0 Å². The number of Topliss-reactive ketones (excluding diaryl/α,β-unsaturated/α-hetero) is 1. The number of carboxylic acid groups (broad SMARTS) is 1. The highest BCUT2D eigenvalue weighted by molar-refractivity contribution is 5.99. The van der Waals surface area contributed by atoms with E-state index in [9.17, 15) is 19.2 Å². The highest BCUT2D eigenvalue weighted by Crippen LogP contribution is 2.34. The van der Waals surface area contributed by atoms with Crippen LogP contribution in [0.3, 0.4) is 0 Å². The van der Waals surface area contributed by atoms with Crippen LogP contribution in [0.2, 0.25) is 0 Å². The number of methoxy groups -OCH3 is 1. The van der Waals surface area contributed by atoms with Gasteiger partial charge in [-0.05, 0) is 25.0 Å². The molecule has 0 aliphatic rings. The molecule has 8 heteroatoms. The first kappa shape index (κ1) is 21.9. The predicted molar refractivity (Wildman–Crippen MR) is 95.0 cm³/mol. The summed E-state index contributed by atoms with van der Waals surface area (Å²) < 4.78 is 15.1. The van der Waals surface area contributed by atoms with Gasteiger partial charge >= 0.3 is 17.9 Å². The lowest BCUT2D eigenvalue weighted by molar-refractivity contribution is -0.140. The van der Waals surface area contributed by atoms with Gasteiger partial charge in [-0.1, -0.05) is 13.0 Å². The van der Waals surface area contributed by atoms with Crippen molar-refractivity contribution in [2.75, 3.05) is 13.7 Å². The van der Waals surface area contributed by atoms with Crippen LogP contribution in [0.4, 0.5) is 0 Å². The Morgan fingerprint density at radius 2 is 1.78 bits per heavy atom. The largest absolute Gasteiger partial charge is 0.493 e. The van der Waals surface area contributed by atoms with Crippen molar-refractivity contribution in [2.45, 2.75) is 33.6 Å². The van der Waals surface area contributed by atoms with E-state index in [1.54, 1.807) is 6.92 Å². The van der Waals surface area contributed by atoms with E-state index in [-0.39, 0.29) is 29.1 Å². The van der Waals surface area contributed by atoms with E-state index in [0.717, 1.165) is 0 Å². The standard InChI is InChI=1S/C19H22O8/c1-5-13(19(23)24)6-7-14-8-15(16(22)10-26-11(2)20)9-17(25-4)18(14)27-12(3)21/h6,8-9H,5,7,10H2,1-4H3,(H,23,24)/b13-6+. The second kappa shape index (κ2) is 10.1. The molecule has 1 N–H and O–H groups in total. The maximum Gasteiger partial charge on any atom is 0.331 e. The van der Waals surface area contributed by atoms with E-state index in [0.29, 0.717) is 12.0 Å². The summed E-state index contributed by atoms with van der Waals surface area (Å²) in [7, 11) is 1.34. The Morgan fingerprint density at radius 1 is 1.11 bits per heavy atom. The van der Waals surface area contributed by atoms with E-state index in [2.05, 4.69) is 0 Å². The number of carboxylic acids is 1. The van der Waals surface area contributed by atoms with Crippen LogP contribution in [0.5, 0.6) is 11.5 Å². The maximum absolute atomic E-state index is 12.3. The van der Waals surface area contributed by atoms with Crippen molar-refractivity contribution in [3.05, 3.63) is 34.9 Å². The van der Waals surface area contributed by atoms with Crippen molar-refractivity contribution >= 4 is 23.7 Å². The van der Waals surface area contributed by atoms with Crippen LogP contribution in [-0.4, -0.2) is 42.5 Å². The molecule has 0 saturated carbocycles. The molecule has 0 aromatic heterocycles. The maximum atomic E-state index is 12.3. The van der Waals surface area contributed by atoms with Gasteiger partial charge in [0.2, 0.25) is 0 Å². The lowest BCUT2D eigenvalue weighted by Crippen LogP contribution is -2.13. The van der Waals surface area contributed by atoms with Crippen molar-refractivity contribution in [2.24, 2.45) is 0 Å². The Bertz CT molecular complexity index is 776. The minimum atomic E-state index is -1.06. The zero-order valence-corrected chi connectivity index (χ0v) is 15.7. The fourth-order valence-electron chi connectivity index (χ4n) is 2.25. The summed E-state index contributed by atoms with van der Waals surface area (Å²) in [4.78, 5) is 45.8. The molecule has 1 rings (SSSR count). The Morgan fingerprint density at radius 3 is 2.26 bits per heavy atom. The molecule has 0 unspecified atom stereocenters. The first-order chi connectivity index (χ1) is 12.7. The Balaban J connectivity index is 3.38. The van der Waals surface area contributed by atoms with Crippen LogP contribution in [-0.2, 0) is 25.5 Å². The summed E-state index contributed by atoms with van der Waals surface area (Å²) in [5.74, 6) is -2.48. The van der Waals surface area contributed by atoms with Gasteiger partial charge in [-0.2, -0.15) is 0 Å². The lowest BCUT2D eigenvalue weighted by Gasteiger charge is -2.14. The summed E-state index contributed by atoms with van der Waals surface area (Å²) in [6, 6.07) is 2.83. The molecule has 0 amide bonds. The van der Waals surface area contributed by atoms with E-state index < -0.39 is 30.3 Å². The van der Waals surface area contributed by atoms with Crippen LogP contribution < -0.4 is 9.47 Å². The van der Waals surface area contributed by atoms with E-state index >= 15 is 0 Å². The van der Waals surface area contributed by atoms with Crippen LogP contribution in [0, 0.1) is 0 Å². The number of ether oxygens (including phenoxy) is 3. The molecule has 8 nitrogen and oxygen atoms in total. The Hall–Kier alpha value is -3.16. The molecule has 0 spiro atoms. The topological polar surface area (TPSA) is 116 Å². The molecule has 0 radical (unpaired) electrons. The number of carbonyl (C=O) groups excluding carboxylic acids is 3. The van der Waals surface area contributed by atoms with E-state index in [1.165, 1.54) is 39.2 Å². The zero-order valence-electron chi connectivity index (χ0n) is 15.7. The average molecular weight is 378 g/mol. The number of rotatable bonds is 9. The number of carbonyl (C=O) groups is 4. The second-order valence-electron chi connectivity index (χ2n) is 5.56. The quantitative estimate of drug-likeness (QED) is 0.301. The van der Waals surface area contributed by atoms with E-state index in [1.807, 2.05) is 0 Å². The normalized spacial score (nSPS) is 10.9. The number of ketones is 1. The first-order valence-electron chi connectivity index (χ1n) is 8.17. The van der Waals surface area contributed by atoms with Gasteiger partial charge in [0.1, 0.15) is 0 Å². The Labute approximate surface area is 156 Å². The molecule has 146 valence electrons. The number of esters is 2. The predicted octanol–water partition coefficient (Wildman–Crippen LogP) is 2.33. The van der Waals surface area contributed by atoms with Crippen LogP contribution in [0.15, 0.2) is 23.8 Å². The SMILES string of the molecule is CC/C(=C\Cc1cc(C(=O)COC(C)=O)cc(OC)c1OC(C)=O)C(=O)O. The Kier molecular flexibility index (Phi) is 8.19. The van der Waals surface area contributed by atoms with Crippen molar-refractivity contribution in [3.63, 3.8) is 0 Å². The summed E-state index contributed by atoms with van der Waals surface area (Å²) in [5, 5.41) is 9.15. The molecule has 0 aliphatic carbocycles. The fourth-order valence-corrected chi connectivity index (χ4v) is 2.25. The zero-order chi connectivity index (χ0) is 20.6. The molecule has 0 aliphatic heterocycles. The monoisotopic (exact) mass is 378 g/mol. The third-order valence-electron chi connectivity index (χ3n) is 3.55. The smallest absolute Gasteiger partial charge is 0.331 e. The molecule has 0 atom stereocenters.